The van der Waals surface area contributed by atoms with Crippen LogP contribution in [0.4, 0.5) is 0 Å². The van der Waals surface area contributed by atoms with Crippen LogP contribution in [0.3, 0.4) is 0 Å². The van der Waals surface area contributed by atoms with E-state index in [4.69, 9.17) is 0 Å². The molecule has 2 unspecified atom stereocenters. The molecule has 2 rings (SSSR count). The molecule has 2 aliphatic heterocycles. The first kappa shape index (κ1) is 11.6. The fraction of sp³-hybridized carbons (Fsp3) is 0.750. The van der Waals surface area contributed by atoms with Crippen molar-refractivity contribution in [1.82, 2.24) is 10.2 Å². The zero-order valence-corrected chi connectivity index (χ0v) is 9.99. The van der Waals surface area contributed by atoms with Gasteiger partial charge in [-0.25, -0.2) is 0 Å². The number of nitrogens with one attached hydrogen (secondary N) is 1. The van der Waals surface area contributed by atoms with Gasteiger partial charge in [-0.15, -0.1) is 0 Å². The van der Waals surface area contributed by atoms with Gasteiger partial charge in [-0.1, -0.05) is 6.92 Å². The predicted octanol–water partition coefficient (Wildman–Crippen LogP) is 0.135. The average Bonchev–Trinajstić information content (AvgIpc) is 2.18. The van der Waals surface area contributed by atoms with Gasteiger partial charge in [0.15, 0.2) is 0 Å². The van der Waals surface area contributed by atoms with Crippen molar-refractivity contribution in [1.29, 1.82) is 0 Å². The van der Waals surface area contributed by atoms with Gasteiger partial charge in [0, 0.05) is 31.8 Å². The molecule has 1 amide bonds. The Kier molecular flexibility index (Phi) is 3.30. The molecule has 0 aromatic carbocycles. The molecule has 4 heteroatoms. The molecule has 2 N–H and O–H groups in total. The third-order valence-corrected chi connectivity index (χ3v) is 3.73. The number of nitrogens with zero attached hydrogens (tertiary/aromatic N) is 1. The Balaban J connectivity index is 2.00. The highest BCUT2D eigenvalue weighted by atomic mass is 16.3. The molecule has 2 saturated heterocycles. The van der Waals surface area contributed by atoms with Gasteiger partial charge < -0.3 is 15.3 Å². The lowest BCUT2D eigenvalue weighted by molar-refractivity contribution is -0.131. The molecule has 4 nitrogen and oxygen atoms in total. The van der Waals surface area contributed by atoms with E-state index in [-0.39, 0.29) is 12.0 Å². The van der Waals surface area contributed by atoms with Crippen LogP contribution in [-0.4, -0.2) is 48.2 Å². The predicted molar refractivity (Wildman–Crippen MR) is 61.9 cm³/mol. The van der Waals surface area contributed by atoms with Gasteiger partial charge in [0.25, 0.3) is 0 Å². The van der Waals surface area contributed by atoms with E-state index in [9.17, 15) is 9.90 Å². The summed E-state index contributed by atoms with van der Waals surface area (Å²) in [5.41, 5.74) is 2.07. The number of hydrogen-bond acceptors (Lipinski definition) is 3. The second-order valence-electron chi connectivity index (χ2n) is 4.92. The van der Waals surface area contributed by atoms with Crippen molar-refractivity contribution >= 4 is 5.91 Å². The van der Waals surface area contributed by atoms with Gasteiger partial charge in [-0.2, -0.15) is 0 Å². The molecule has 2 fully saturated rings. The topological polar surface area (TPSA) is 52.6 Å². The largest absolute Gasteiger partial charge is 0.391 e. The Labute approximate surface area is 96.3 Å². The lowest BCUT2D eigenvalue weighted by Gasteiger charge is -2.35. The fourth-order valence-electron chi connectivity index (χ4n) is 2.14. The van der Waals surface area contributed by atoms with Crippen LogP contribution in [0.2, 0.25) is 0 Å². The summed E-state index contributed by atoms with van der Waals surface area (Å²) in [6.45, 7) is 6.86. The van der Waals surface area contributed by atoms with Crippen LogP contribution in [0.25, 0.3) is 0 Å². The van der Waals surface area contributed by atoms with Gasteiger partial charge in [0.05, 0.1) is 6.10 Å². The summed E-state index contributed by atoms with van der Waals surface area (Å²) in [6.07, 6.45) is 0.531. The Morgan fingerprint density at radius 3 is 2.69 bits per heavy atom. The minimum atomic E-state index is -0.366. The normalized spacial score (nSPS) is 29.9. The number of hydrogen-bond donors (Lipinski definition) is 2. The van der Waals surface area contributed by atoms with E-state index in [2.05, 4.69) is 5.32 Å². The van der Waals surface area contributed by atoms with Crippen LogP contribution in [0.15, 0.2) is 11.1 Å². The summed E-state index contributed by atoms with van der Waals surface area (Å²) in [5.74, 6) is 0.407. The van der Waals surface area contributed by atoms with Crippen molar-refractivity contribution in [2.24, 2.45) is 5.92 Å². The first-order valence-electron chi connectivity index (χ1n) is 5.96. The maximum Gasteiger partial charge on any atom is 0.249 e. The average molecular weight is 224 g/mol. The zero-order chi connectivity index (χ0) is 11.7. The maximum absolute atomic E-state index is 12.1. The maximum atomic E-state index is 12.1. The van der Waals surface area contributed by atoms with Crippen molar-refractivity contribution < 1.29 is 9.90 Å². The molecule has 0 saturated carbocycles. The highest BCUT2D eigenvalue weighted by Crippen LogP contribution is 2.20. The van der Waals surface area contributed by atoms with Crippen molar-refractivity contribution in [2.45, 2.75) is 26.4 Å². The molecule has 2 atom stereocenters. The second kappa shape index (κ2) is 4.55. The minimum Gasteiger partial charge on any atom is -0.391 e. The number of piperidine rings is 1. The number of aliphatic hydroxyl groups is 1. The molecule has 0 bridgehead atoms. The quantitative estimate of drug-likeness (QED) is 0.623. The smallest absolute Gasteiger partial charge is 0.249 e. The Bertz CT molecular complexity index is 319. The summed E-state index contributed by atoms with van der Waals surface area (Å²) in [7, 11) is 0. The van der Waals surface area contributed by atoms with Crippen molar-refractivity contribution in [3.8, 4) is 0 Å². The van der Waals surface area contributed by atoms with Crippen molar-refractivity contribution in [3.63, 3.8) is 0 Å². The molecule has 0 aromatic heterocycles. The molecule has 90 valence electrons. The zero-order valence-electron chi connectivity index (χ0n) is 9.99. The number of likely N-dealkylation sites (tertiary alicyclic amines) is 1. The van der Waals surface area contributed by atoms with E-state index in [1.54, 1.807) is 4.90 Å². The van der Waals surface area contributed by atoms with E-state index in [1.165, 1.54) is 5.57 Å². The van der Waals surface area contributed by atoms with E-state index in [0.717, 1.165) is 31.6 Å². The van der Waals surface area contributed by atoms with Gasteiger partial charge in [-0.05, 0) is 24.8 Å². The SMILES string of the molecule is CC(C(=O)N1CCC(C)C(O)C1)=C1CNC1. The monoisotopic (exact) mass is 224 g/mol. The Morgan fingerprint density at radius 2 is 2.19 bits per heavy atom. The standard InChI is InChI=1S/C12H20N2O2/c1-8-3-4-14(7-11(8)15)12(16)9(2)10-5-13-6-10/h8,11,13,15H,3-7H2,1-2H3. The number of carbonyl (C=O) groups is 1. The molecular weight excluding hydrogens is 204 g/mol. The lowest BCUT2D eigenvalue weighted by Crippen LogP contribution is -2.47. The van der Waals surface area contributed by atoms with Crippen LogP contribution < -0.4 is 5.32 Å². The summed E-state index contributed by atoms with van der Waals surface area (Å²) < 4.78 is 0. The third-order valence-electron chi connectivity index (χ3n) is 3.73. The number of aliphatic hydroxyl groups excluding tert-OH is 1. The summed E-state index contributed by atoms with van der Waals surface area (Å²) in [4.78, 5) is 13.9. The third kappa shape index (κ3) is 2.13. The minimum absolute atomic E-state index is 0.0995. The van der Waals surface area contributed by atoms with E-state index >= 15 is 0 Å². The molecule has 0 aliphatic carbocycles. The summed E-state index contributed by atoms with van der Waals surface area (Å²) in [6, 6.07) is 0. The lowest BCUT2D eigenvalue weighted by atomic mass is 9.95. The molecule has 16 heavy (non-hydrogen) atoms. The van der Waals surface area contributed by atoms with Gasteiger partial charge >= 0.3 is 0 Å². The Morgan fingerprint density at radius 1 is 1.50 bits per heavy atom. The number of β-amino-alcohol motifs (C(OH)–C–C–N with tert-alkyl or cyclic N) is 1. The van der Waals surface area contributed by atoms with Crippen molar-refractivity contribution in [2.75, 3.05) is 26.2 Å². The summed E-state index contributed by atoms with van der Waals surface area (Å²) >= 11 is 0. The fourth-order valence-corrected chi connectivity index (χ4v) is 2.14. The van der Waals surface area contributed by atoms with Crippen LogP contribution in [0.5, 0.6) is 0 Å². The molecule has 0 spiro atoms. The second-order valence-corrected chi connectivity index (χ2v) is 4.92. The first-order chi connectivity index (χ1) is 7.59. The van der Waals surface area contributed by atoms with Crippen LogP contribution in [0.1, 0.15) is 20.3 Å². The van der Waals surface area contributed by atoms with E-state index in [0.29, 0.717) is 12.5 Å². The molecule has 0 aromatic rings. The number of rotatable bonds is 1. The van der Waals surface area contributed by atoms with E-state index < -0.39 is 0 Å². The molecule has 2 heterocycles. The van der Waals surface area contributed by atoms with Crippen LogP contribution >= 0.6 is 0 Å². The van der Waals surface area contributed by atoms with Crippen LogP contribution in [0, 0.1) is 5.92 Å². The van der Waals surface area contributed by atoms with Crippen molar-refractivity contribution in [3.05, 3.63) is 11.1 Å². The highest BCUT2D eigenvalue weighted by Gasteiger charge is 2.29. The molecule has 2 aliphatic rings. The molecular formula is C12H20N2O2. The Hall–Kier alpha value is -0.870. The number of amides is 1. The highest BCUT2D eigenvalue weighted by molar-refractivity contribution is 5.94. The first-order valence-corrected chi connectivity index (χ1v) is 5.96. The van der Waals surface area contributed by atoms with Gasteiger partial charge in [0.1, 0.15) is 0 Å². The molecule has 0 radical (unpaired) electrons. The van der Waals surface area contributed by atoms with E-state index in [1.807, 2.05) is 13.8 Å². The summed E-state index contributed by atoms with van der Waals surface area (Å²) in [5, 5.41) is 12.9. The number of carbonyl (C=O) groups excluding carboxylic acids is 1. The van der Waals surface area contributed by atoms with Gasteiger partial charge in [-0.3, -0.25) is 4.79 Å². The van der Waals surface area contributed by atoms with Crippen LogP contribution in [-0.2, 0) is 4.79 Å². The van der Waals surface area contributed by atoms with Gasteiger partial charge in [0.2, 0.25) is 5.91 Å².